The quantitative estimate of drug-likeness (QED) is 0.726. The van der Waals surface area contributed by atoms with Gasteiger partial charge in [-0.15, -0.1) is 0 Å². The van der Waals surface area contributed by atoms with E-state index in [4.69, 9.17) is 5.73 Å². The number of nitrogens with one attached hydrogen (secondary N) is 1. The van der Waals surface area contributed by atoms with Crippen LogP contribution in [0.1, 0.15) is 12.0 Å². The summed E-state index contributed by atoms with van der Waals surface area (Å²) in [4.78, 5) is 16.4. The van der Waals surface area contributed by atoms with Crippen molar-refractivity contribution in [1.29, 1.82) is 0 Å². The summed E-state index contributed by atoms with van der Waals surface area (Å²) in [6, 6.07) is 1.99. The van der Waals surface area contributed by atoms with Gasteiger partial charge < -0.3 is 15.6 Å². The number of nitrogens with two attached hydrogens (primary N) is 1. The highest BCUT2D eigenvalue weighted by Gasteiger charge is 2.28. The van der Waals surface area contributed by atoms with Gasteiger partial charge in [-0.2, -0.15) is 0 Å². The lowest BCUT2D eigenvalue weighted by Crippen LogP contribution is -2.25. The van der Waals surface area contributed by atoms with E-state index >= 15 is 0 Å². The molecular formula is C10H15N3O. The van der Waals surface area contributed by atoms with Crippen LogP contribution in [0.4, 0.5) is 0 Å². The second-order valence-corrected chi connectivity index (χ2v) is 3.80. The van der Waals surface area contributed by atoms with Crippen LogP contribution in [0.15, 0.2) is 18.5 Å². The van der Waals surface area contributed by atoms with E-state index in [0.717, 1.165) is 12.1 Å². The number of hydrogen-bond acceptors (Lipinski definition) is 2. The van der Waals surface area contributed by atoms with Gasteiger partial charge in [-0.1, -0.05) is 0 Å². The van der Waals surface area contributed by atoms with Gasteiger partial charge in [0.2, 0.25) is 5.91 Å². The van der Waals surface area contributed by atoms with E-state index < -0.39 is 0 Å². The minimum Gasteiger partial charge on any atom is -0.367 e. The van der Waals surface area contributed by atoms with Gasteiger partial charge in [-0.05, 0) is 24.1 Å². The Hall–Kier alpha value is -1.29. The molecule has 0 aliphatic carbocycles. The Morgan fingerprint density at radius 1 is 1.64 bits per heavy atom. The Morgan fingerprint density at radius 2 is 2.50 bits per heavy atom. The average molecular weight is 193 g/mol. The minimum atomic E-state index is 0.224. The van der Waals surface area contributed by atoms with Crippen LogP contribution in [0, 0.1) is 5.92 Å². The molecule has 0 spiro atoms. The van der Waals surface area contributed by atoms with E-state index in [1.807, 2.05) is 23.4 Å². The topological polar surface area (TPSA) is 62.1 Å². The Morgan fingerprint density at radius 3 is 3.07 bits per heavy atom. The molecule has 4 nitrogen and oxygen atoms in total. The van der Waals surface area contributed by atoms with Crippen molar-refractivity contribution in [3.63, 3.8) is 0 Å². The lowest BCUT2D eigenvalue weighted by Gasteiger charge is -2.15. The van der Waals surface area contributed by atoms with Gasteiger partial charge in [0, 0.05) is 31.9 Å². The summed E-state index contributed by atoms with van der Waals surface area (Å²) in [5, 5.41) is 0. The number of carbonyl (C=O) groups is 1. The number of carbonyl (C=O) groups excluding carboxylic acids is 1. The number of likely N-dealkylation sites (tertiary alicyclic amines) is 1. The van der Waals surface area contributed by atoms with Crippen molar-refractivity contribution >= 4 is 5.91 Å². The highest BCUT2D eigenvalue weighted by molar-refractivity contribution is 5.78. The molecule has 0 saturated carbocycles. The highest BCUT2D eigenvalue weighted by Crippen LogP contribution is 2.18. The lowest BCUT2D eigenvalue weighted by molar-refractivity contribution is -0.128. The largest absolute Gasteiger partial charge is 0.367 e. The molecule has 76 valence electrons. The van der Waals surface area contributed by atoms with Crippen LogP contribution in [-0.2, 0) is 11.3 Å². The van der Waals surface area contributed by atoms with Gasteiger partial charge in [-0.3, -0.25) is 4.79 Å². The molecule has 0 aromatic carbocycles. The van der Waals surface area contributed by atoms with Crippen LogP contribution in [0.5, 0.6) is 0 Å². The first-order valence-corrected chi connectivity index (χ1v) is 4.89. The maximum Gasteiger partial charge on any atom is 0.223 e. The monoisotopic (exact) mass is 193 g/mol. The molecular weight excluding hydrogens is 178 g/mol. The summed E-state index contributed by atoms with van der Waals surface area (Å²) in [5.74, 6) is 0.572. The van der Waals surface area contributed by atoms with Crippen molar-refractivity contribution in [2.75, 3.05) is 13.1 Å². The predicted molar refractivity (Wildman–Crippen MR) is 53.4 cm³/mol. The fraction of sp³-hybridized carbons (Fsp3) is 0.500. The van der Waals surface area contributed by atoms with E-state index in [-0.39, 0.29) is 5.91 Å². The van der Waals surface area contributed by atoms with Gasteiger partial charge in [0.1, 0.15) is 0 Å². The number of aromatic nitrogens is 1. The number of amides is 1. The molecule has 1 atom stereocenters. The molecule has 4 heteroatoms. The number of hydrogen-bond donors (Lipinski definition) is 2. The van der Waals surface area contributed by atoms with Crippen molar-refractivity contribution in [2.45, 2.75) is 13.0 Å². The Balaban J connectivity index is 1.96. The van der Waals surface area contributed by atoms with Crippen molar-refractivity contribution in [2.24, 2.45) is 11.7 Å². The number of nitrogens with zero attached hydrogens (tertiary/aromatic N) is 1. The molecule has 1 aromatic rings. The fourth-order valence-corrected chi connectivity index (χ4v) is 1.84. The highest BCUT2D eigenvalue weighted by atomic mass is 16.2. The molecule has 1 aliphatic heterocycles. The van der Waals surface area contributed by atoms with E-state index in [0.29, 0.717) is 25.4 Å². The summed E-state index contributed by atoms with van der Waals surface area (Å²) in [7, 11) is 0. The van der Waals surface area contributed by atoms with Crippen LogP contribution in [0.25, 0.3) is 0 Å². The molecule has 1 aromatic heterocycles. The van der Waals surface area contributed by atoms with Crippen LogP contribution in [0.2, 0.25) is 0 Å². The summed E-state index contributed by atoms with van der Waals surface area (Å²) in [6.07, 6.45) is 4.40. The second kappa shape index (κ2) is 3.84. The summed E-state index contributed by atoms with van der Waals surface area (Å²) in [6.45, 7) is 2.12. The van der Waals surface area contributed by atoms with Crippen molar-refractivity contribution in [3.8, 4) is 0 Å². The van der Waals surface area contributed by atoms with E-state index in [2.05, 4.69) is 4.98 Å². The van der Waals surface area contributed by atoms with Crippen LogP contribution >= 0.6 is 0 Å². The second-order valence-electron chi connectivity index (χ2n) is 3.80. The molecule has 0 radical (unpaired) electrons. The molecule has 1 amide bonds. The number of aromatic amines is 1. The first-order valence-electron chi connectivity index (χ1n) is 4.89. The molecule has 1 unspecified atom stereocenters. The lowest BCUT2D eigenvalue weighted by atomic mass is 10.1. The Kier molecular flexibility index (Phi) is 2.54. The van der Waals surface area contributed by atoms with E-state index in [1.165, 1.54) is 0 Å². The molecule has 2 heterocycles. The molecule has 1 aliphatic rings. The Labute approximate surface area is 83.1 Å². The van der Waals surface area contributed by atoms with Crippen molar-refractivity contribution < 1.29 is 4.79 Å². The molecule has 14 heavy (non-hydrogen) atoms. The van der Waals surface area contributed by atoms with Gasteiger partial charge in [-0.25, -0.2) is 0 Å². The van der Waals surface area contributed by atoms with E-state index in [9.17, 15) is 4.79 Å². The van der Waals surface area contributed by atoms with Crippen LogP contribution in [0.3, 0.4) is 0 Å². The summed E-state index contributed by atoms with van der Waals surface area (Å²) >= 11 is 0. The smallest absolute Gasteiger partial charge is 0.223 e. The molecule has 2 rings (SSSR count). The van der Waals surface area contributed by atoms with Gasteiger partial charge in [0.15, 0.2) is 0 Å². The van der Waals surface area contributed by atoms with Crippen LogP contribution in [-0.4, -0.2) is 28.9 Å². The molecule has 0 bridgehead atoms. The normalized spacial score (nSPS) is 21.9. The fourth-order valence-electron chi connectivity index (χ4n) is 1.84. The maximum absolute atomic E-state index is 11.5. The zero-order valence-electron chi connectivity index (χ0n) is 8.07. The third kappa shape index (κ3) is 1.80. The predicted octanol–water partition coefficient (Wildman–Crippen LogP) is 0.322. The summed E-state index contributed by atoms with van der Waals surface area (Å²) < 4.78 is 0. The molecule has 3 N–H and O–H groups in total. The maximum atomic E-state index is 11.5. The average Bonchev–Trinajstić information content (AvgIpc) is 2.78. The van der Waals surface area contributed by atoms with Gasteiger partial charge in [0.05, 0.1) is 0 Å². The van der Waals surface area contributed by atoms with Crippen LogP contribution < -0.4 is 5.73 Å². The standard InChI is InChI=1S/C10H15N3O/c11-4-9-3-10(14)13(7-9)6-8-1-2-12-5-8/h1-2,5,9,12H,3-4,6-7,11H2. The zero-order chi connectivity index (χ0) is 9.97. The molecule has 1 fully saturated rings. The number of rotatable bonds is 3. The van der Waals surface area contributed by atoms with E-state index in [1.54, 1.807) is 0 Å². The zero-order valence-corrected chi connectivity index (χ0v) is 8.07. The van der Waals surface area contributed by atoms with Crippen molar-refractivity contribution in [3.05, 3.63) is 24.0 Å². The van der Waals surface area contributed by atoms with Gasteiger partial charge >= 0.3 is 0 Å². The number of H-pyrrole nitrogens is 1. The first-order chi connectivity index (χ1) is 6.79. The summed E-state index contributed by atoms with van der Waals surface area (Å²) in [5.41, 5.74) is 6.70. The Bertz CT molecular complexity index is 307. The molecule has 1 saturated heterocycles. The third-order valence-corrected chi connectivity index (χ3v) is 2.66. The van der Waals surface area contributed by atoms with Gasteiger partial charge in [0.25, 0.3) is 0 Å². The first kappa shape index (κ1) is 9.27. The van der Waals surface area contributed by atoms with Crippen molar-refractivity contribution in [1.82, 2.24) is 9.88 Å². The third-order valence-electron chi connectivity index (χ3n) is 2.66. The SMILES string of the molecule is NCC1CC(=O)N(Cc2cc[nH]c2)C1. The minimum absolute atomic E-state index is 0.224.